The summed E-state index contributed by atoms with van der Waals surface area (Å²) in [6, 6.07) is 14.7. The molecule has 0 aliphatic heterocycles. The Morgan fingerprint density at radius 2 is 1.85 bits per heavy atom. The number of aromatic nitrogens is 2. The van der Waals surface area contributed by atoms with Gasteiger partial charge in [-0.25, -0.2) is 0 Å². The topological polar surface area (TPSA) is 29.9 Å². The van der Waals surface area contributed by atoms with Gasteiger partial charge in [-0.05, 0) is 24.7 Å². The molecule has 0 aliphatic carbocycles. The Morgan fingerprint density at radius 3 is 2.65 bits per heavy atom. The average Bonchev–Trinajstić information content (AvgIpc) is 3.11. The Labute approximate surface area is 122 Å². The molecule has 0 unspecified atom stereocenters. The van der Waals surface area contributed by atoms with E-state index in [0.717, 1.165) is 18.7 Å². The zero-order valence-corrected chi connectivity index (χ0v) is 12.2. The highest BCUT2D eigenvalue weighted by Crippen LogP contribution is 2.20. The highest BCUT2D eigenvalue weighted by atomic mass is 32.1. The summed E-state index contributed by atoms with van der Waals surface area (Å²) in [5.74, 6) is 0. The van der Waals surface area contributed by atoms with Crippen LogP contribution < -0.4 is 5.32 Å². The maximum Gasteiger partial charge on any atom is 0.0752 e. The third-order valence-electron chi connectivity index (χ3n) is 3.13. The van der Waals surface area contributed by atoms with Crippen LogP contribution in [0.2, 0.25) is 0 Å². The van der Waals surface area contributed by atoms with Gasteiger partial charge in [-0.2, -0.15) is 5.10 Å². The molecular formula is C16H17N3S. The minimum atomic E-state index is 0.835. The largest absolute Gasteiger partial charge is 0.315 e. The second-order valence-electron chi connectivity index (χ2n) is 4.69. The van der Waals surface area contributed by atoms with Crippen LogP contribution >= 0.6 is 11.3 Å². The molecule has 3 aromatic rings. The zero-order chi connectivity index (χ0) is 13.8. The van der Waals surface area contributed by atoms with Gasteiger partial charge in [-0.1, -0.05) is 30.3 Å². The Morgan fingerprint density at radius 1 is 1.05 bits per heavy atom. The number of nitrogens with zero attached hydrogens (tertiary/aromatic N) is 2. The van der Waals surface area contributed by atoms with Gasteiger partial charge in [0.15, 0.2) is 0 Å². The molecule has 0 saturated carbocycles. The van der Waals surface area contributed by atoms with Gasteiger partial charge in [0, 0.05) is 28.1 Å². The molecule has 2 aromatic heterocycles. The molecule has 20 heavy (non-hydrogen) atoms. The molecule has 102 valence electrons. The van der Waals surface area contributed by atoms with Crippen LogP contribution in [0.4, 0.5) is 0 Å². The Bertz CT molecular complexity index is 670. The van der Waals surface area contributed by atoms with E-state index in [1.54, 1.807) is 0 Å². The lowest BCUT2D eigenvalue weighted by Crippen LogP contribution is -2.02. The lowest BCUT2D eigenvalue weighted by atomic mass is 10.1. The number of thiophene rings is 1. The number of hydrogen-bond donors (Lipinski definition) is 1. The maximum absolute atomic E-state index is 4.45. The quantitative estimate of drug-likeness (QED) is 0.778. The van der Waals surface area contributed by atoms with Crippen LogP contribution in [0.15, 0.2) is 54.9 Å². The first-order valence-corrected chi connectivity index (χ1v) is 7.47. The summed E-state index contributed by atoms with van der Waals surface area (Å²) < 4.78 is 2.00. The lowest BCUT2D eigenvalue weighted by Gasteiger charge is -1.98. The molecule has 0 atom stereocenters. The van der Waals surface area contributed by atoms with E-state index >= 15 is 0 Å². The molecule has 0 spiro atoms. The SMILES string of the molecule is CNCc1ccc(Cn2cc(-c3ccccc3)cn2)s1. The monoisotopic (exact) mass is 283 g/mol. The van der Waals surface area contributed by atoms with Crippen molar-refractivity contribution in [2.24, 2.45) is 0 Å². The smallest absolute Gasteiger partial charge is 0.0752 e. The first kappa shape index (κ1) is 13.1. The van der Waals surface area contributed by atoms with Crippen molar-refractivity contribution in [2.45, 2.75) is 13.1 Å². The van der Waals surface area contributed by atoms with Crippen molar-refractivity contribution in [2.75, 3.05) is 7.05 Å². The summed E-state index contributed by atoms with van der Waals surface area (Å²) in [6.45, 7) is 1.76. The summed E-state index contributed by atoms with van der Waals surface area (Å²) in [6.07, 6.45) is 4.03. The number of nitrogens with one attached hydrogen (secondary N) is 1. The second-order valence-corrected chi connectivity index (χ2v) is 5.94. The number of hydrogen-bond acceptors (Lipinski definition) is 3. The van der Waals surface area contributed by atoms with Crippen molar-refractivity contribution < 1.29 is 0 Å². The first-order valence-electron chi connectivity index (χ1n) is 6.65. The molecule has 0 aliphatic rings. The molecule has 0 fully saturated rings. The average molecular weight is 283 g/mol. The van der Waals surface area contributed by atoms with Crippen molar-refractivity contribution in [1.29, 1.82) is 0 Å². The van der Waals surface area contributed by atoms with E-state index in [1.165, 1.54) is 15.3 Å². The van der Waals surface area contributed by atoms with Gasteiger partial charge >= 0.3 is 0 Å². The van der Waals surface area contributed by atoms with Crippen molar-refractivity contribution in [1.82, 2.24) is 15.1 Å². The highest BCUT2D eigenvalue weighted by molar-refractivity contribution is 7.11. The Balaban J connectivity index is 1.73. The van der Waals surface area contributed by atoms with Gasteiger partial charge in [0.05, 0.1) is 12.7 Å². The maximum atomic E-state index is 4.45. The predicted molar refractivity (Wildman–Crippen MR) is 83.8 cm³/mol. The minimum absolute atomic E-state index is 0.835. The van der Waals surface area contributed by atoms with E-state index in [1.807, 2.05) is 35.3 Å². The van der Waals surface area contributed by atoms with Crippen LogP contribution in [0, 0.1) is 0 Å². The van der Waals surface area contributed by atoms with E-state index in [0.29, 0.717) is 0 Å². The third kappa shape index (κ3) is 2.98. The molecule has 3 rings (SSSR count). The van der Waals surface area contributed by atoms with Crippen LogP contribution in [0.1, 0.15) is 9.75 Å². The fraction of sp³-hybridized carbons (Fsp3) is 0.188. The number of benzene rings is 1. The summed E-state index contributed by atoms with van der Waals surface area (Å²) >= 11 is 1.83. The van der Waals surface area contributed by atoms with Crippen LogP contribution in [0.3, 0.4) is 0 Å². The van der Waals surface area contributed by atoms with Crippen LogP contribution in [-0.2, 0) is 13.1 Å². The fourth-order valence-electron chi connectivity index (χ4n) is 2.17. The Kier molecular flexibility index (Phi) is 3.95. The molecule has 0 saturated heterocycles. The zero-order valence-electron chi connectivity index (χ0n) is 11.4. The van der Waals surface area contributed by atoms with Gasteiger partial charge in [0.1, 0.15) is 0 Å². The van der Waals surface area contributed by atoms with Crippen molar-refractivity contribution in [3.8, 4) is 11.1 Å². The van der Waals surface area contributed by atoms with Crippen molar-refractivity contribution in [3.63, 3.8) is 0 Å². The first-order chi connectivity index (χ1) is 9.85. The predicted octanol–water partition coefficient (Wildman–Crippen LogP) is 3.38. The lowest BCUT2D eigenvalue weighted by molar-refractivity contribution is 0.695. The molecule has 0 amide bonds. The van der Waals surface area contributed by atoms with E-state index in [2.05, 4.69) is 53.0 Å². The van der Waals surface area contributed by atoms with Crippen molar-refractivity contribution in [3.05, 3.63) is 64.6 Å². The standard InChI is InChI=1S/C16H17N3S/c1-17-10-15-7-8-16(20-15)12-19-11-14(9-18-19)13-5-3-2-4-6-13/h2-9,11,17H,10,12H2,1H3. The molecule has 1 N–H and O–H groups in total. The summed E-state index contributed by atoms with van der Waals surface area (Å²) in [4.78, 5) is 2.69. The summed E-state index contributed by atoms with van der Waals surface area (Å²) in [7, 11) is 1.97. The molecule has 1 aromatic carbocycles. The molecule has 0 radical (unpaired) electrons. The molecule has 3 nitrogen and oxygen atoms in total. The third-order valence-corrected chi connectivity index (χ3v) is 4.20. The highest BCUT2D eigenvalue weighted by Gasteiger charge is 2.04. The molecule has 4 heteroatoms. The van der Waals surface area contributed by atoms with Crippen LogP contribution in [0.5, 0.6) is 0 Å². The van der Waals surface area contributed by atoms with Gasteiger partial charge in [-0.15, -0.1) is 11.3 Å². The van der Waals surface area contributed by atoms with E-state index < -0.39 is 0 Å². The molecule has 0 bridgehead atoms. The fourth-order valence-corrected chi connectivity index (χ4v) is 3.19. The number of rotatable bonds is 5. The minimum Gasteiger partial charge on any atom is -0.315 e. The van der Waals surface area contributed by atoms with E-state index in [4.69, 9.17) is 0 Å². The van der Waals surface area contributed by atoms with Crippen molar-refractivity contribution >= 4 is 11.3 Å². The van der Waals surface area contributed by atoms with E-state index in [9.17, 15) is 0 Å². The van der Waals surface area contributed by atoms with Gasteiger partial charge in [0.25, 0.3) is 0 Å². The van der Waals surface area contributed by atoms with Gasteiger partial charge in [0.2, 0.25) is 0 Å². The normalized spacial score (nSPS) is 10.8. The summed E-state index contributed by atoms with van der Waals surface area (Å²) in [5, 5.41) is 7.63. The second kappa shape index (κ2) is 6.03. The molecular weight excluding hydrogens is 266 g/mol. The Hall–Kier alpha value is -1.91. The summed E-state index contributed by atoms with van der Waals surface area (Å²) in [5.41, 5.74) is 2.37. The van der Waals surface area contributed by atoms with Gasteiger partial charge < -0.3 is 5.32 Å². The molecule has 2 heterocycles. The van der Waals surface area contributed by atoms with Crippen LogP contribution in [-0.4, -0.2) is 16.8 Å². The van der Waals surface area contributed by atoms with Gasteiger partial charge in [-0.3, -0.25) is 4.68 Å². The van der Waals surface area contributed by atoms with Crippen LogP contribution in [0.25, 0.3) is 11.1 Å². The van der Waals surface area contributed by atoms with E-state index in [-0.39, 0.29) is 0 Å².